The minimum atomic E-state index is -4.43. The van der Waals surface area contributed by atoms with Crippen LogP contribution in [0.3, 0.4) is 0 Å². The number of hydrogen-bond donors (Lipinski definition) is 1. The molecule has 4 rings (SSSR count). The van der Waals surface area contributed by atoms with Crippen molar-refractivity contribution in [3.8, 4) is 0 Å². The molecule has 0 atom stereocenters. The van der Waals surface area contributed by atoms with Gasteiger partial charge in [-0.3, -0.25) is 9.59 Å². The van der Waals surface area contributed by atoms with E-state index in [1.807, 2.05) is 30.0 Å². The highest BCUT2D eigenvalue weighted by Gasteiger charge is 2.30. The fourth-order valence-corrected chi connectivity index (χ4v) is 3.76. The number of amides is 2. The third kappa shape index (κ3) is 5.36. The van der Waals surface area contributed by atoms with Crippen molar-refractivity contribution in [3.05, 3.63) is 89.1 Å². The van der Waals surface area contributed by atoms with Crippen LogP contribution in [0.15, 0.2) is 66.9 Å². The summed E-state index contributed by atoms with van der Waals surface area (Å²) in [5, 5.41) is 2.83. The molecule has 0 spiro atoms. The molecule has 6 nitrogen and oxygen atoms in total. The number of benzene rings is 2. The molecular weight excluding hydrogens is 445 g/mol. The molecule has 0 aliphatic carbocycles. The number of anilines is 2. The number of nitrogens with one attached hydrogen (secondary N) is 1. The van der Waals surface area contributed by atoms with E-state index < -0.39 is 11.7 Å². The minimum absolute atomic E-state index is 0.214. The normalized spacial score (nSPS) is 14.1. The molecule has 1 aliphatic rings. The zero-order chi connectivity index (χ0) is 24.3. The van der Waals surface area contributed by atoms with Crippen LogP contribution in [0.4, 0.5) is 24.7 Å². The molecule has 1 saturated heterocycles. The molecule has 34 heavy (non-hydrogen) atoms. The van der Waals surface area contributed by atoms with Gasteiger partial charge in [-0.25, -0.2) is 4.98 Å². The highest BCUT2D eigenvalue weighted by Crippen LogP contribution is 2.29. The van der Waals surface area contributed by atoms with E-state index in [4.69, 9.17) is 0 Å². The van der Waals surface area contributed by atoms with Crippen molar-refractivity contribution in [3.63, 3.8) is 0 Å². The van der Waals surface area contributed by atoms with Crippen LogP contribution in [0, 0.1) is 6.92 Å². The Morgan fingerprint density at radius 1 is 0.912 bits per heavy atom. The number of halogens is 3. The summed E-state index contributed by atoms with van der Waals surface area (Å²) in [6, 6.07) is 15.1. The van der Waals surface area contributed by atoms with E-state index >= 15 is 0 Å². The second kappa shape index (κ2) is 9.54. The van der Waals surface area contributed by atoms with Crippen LogP contribution in [0.1, 0.15) is 31.8 Å². The lowest BCUT2D eigenvalue weighted by Crippen LogP contribution is -2.49. The predicted octanol–water partition coefficient (Wildman–Crippen LogP) is 4.62. The van der Waals surface area contributed by atoms with Gasteiger partial charge in [-0.05, 0) is 55.5 Å². The Morgan fingerprint density at radius 2 is 1.62 bits per heavy atom. The molecule has 1 fully saturated rings. The third-order valence-electron chi connectivity index (χ3n) is 5.64. The van der Waals surface area contributed by atoms with Crippen molar-refractivity contribution in [2.45, 2.75) is 13.1 Å². The van der Waals surface area contributed by atoms with Crippen LogP contribution in [0.2, 0.25) is 0 Å². The average molecular weight is 468 g/mol. The fourth-order valence-electron chi connectivity index (χ4n) is 3.76. The lowest BCUT2D eigenvalue weighted by atomic mass is 10.1. The highest BCUT2D eigenvalue weighted by atomic mass is 19.4. The summed E-state index contributed by atoms with van der Waals surface area (Å²) in [4.78, 5) is 33.1. The second-order valence-corrected chi connectivity index (χ2v) is 8.08. The van der Waals surface area contributed by atoms with Gasteiger partial charge in [-0.1, -0.05) is 17.7 Å². The molecule has 9 heteroatoms. The molecule has 0 saturated carbocycles. The van der Waals surface area contributed by atoms with E-state index in [2.05, 4.69) is 10.3 Å². The van der Waals surface area contributed by atoms with Crippen molar-refractivity contribution in [1.29, 1.82) is 0 Å². The van der Waals surface area contributed by atoms with E-state index in [1.165, 1.54) is 12.1 Å². The molecule has 2 heterocycles. The summed E-state index contributed by atoms with van der Waals surface area (Å²) in [6.07, 6.45) is -2.85. The highest BCUT2D eigenvalue weighted by molar-refractivity contribution is 6.04. The third-order valence-corrected chi connectivity index (χ3v) is 5.64. The van der Waals surface area contributed by atoms with E-state index in [0.29, 0.717) is 37.4 Å². The van der Waals surface area contributed by atoms with Gasteiger partial charge in [-0.15, -0.1) is 0 Å². The SMILES string of the molecule is Cc1cccc(C(=O)Nc2ccc(N3CCN(C(=O)c4ccc(C(F)(F)F)cc4)CC3)nc2)c1. The first kappa shape index (κ1) is 23.3. The number of carbonyl (C=O) groups excluding carboxylic acids is 2. The van der Waals surface area contributed by atoms with E-state index in [9.17, 15) is 22.8 Å². The number of carbonyl (C=O) groups is 2. The van der Waals surface area contributed by atoms with Crippen LogP contribution >= 0.6 is 0 Å². The molecule has 0 unspecified atom stereocenters. The van der Waals surface area contributed by atoms with Gasteiger partial charge in [0.15, 0.2) is 0 Å². The largest absolute Gasteiger partial charge is 0.416 e. The van der Waals surface area contributed by atoms with Crippen LogP contribution in [0.5, 0.6) is 0 Å². The summed E-state index contributed by atoms with van der Waals surface area (Å²) < 4.78 is 38.2. The average Bonchev–Trinajstić information content (AvgIpc) is 2.84. The van der Waals surface area contributed by atoms with E-state index in [-0.39, 0.29) is 17.4 Å². The Kier molecular flexibility index (Phi) is 6.54. The standard InChI is InChI=1S/C25H23F3N4O2/c1-17-3-2-4-19(15-17)23(33)30-21-9-10-22(29-16-21)31-11-13-32(14-12-31)24(34)18-5-7-20(8-6-18)25(26,27)28/h2-10,15-16H,11-14H2,1H3,(H,30,33). The number of alkyl halides is 3. The molecule has 1 aromatic heterocycles. The van der Waals surface area contributed by atoms with Crippen LogP contribution in [-0.4, -0.2) is 47.9 Å². The van der Waals surface area contributed by atoms with Gasteiger partial charge in [0.25, 0.3) is 11.8 Å². The molecule has 0 radical (unpaired) electrons. The topological polar surface area (TPSA) is 65.5 Å². The Morgan fingerprint density at radius 3 is 2.21 bits per heavy atom. The summed E-state index contributed by atoms with van der Waals surface area (Å²) in [5.74, 6) is 0.208. The number of aromatic nitrogens is 1. The van der Waals surface area contributed by atoms with Crippen molar-refractivity contribution in [1.82, 2.24) is 9.88 Å². The number of nitrogens with zero attached hydrogens (tertiary/aromatic N) is 3. The van der Waals surface area contributed by atoms with Crippen molar-refractivity contribution in [2.75, 3.05) is 36.4 Å². The van der Waals surface area contributed by atoms with Crippen LogP contribution in [-0.2, 0) is 6.18 Å². The summed E-state index contributed by atoms with van der Waals surface area (Å²) in [6.45, 7) is 3.84. The predicted molar refractivity (Wildman–Crippen MR) is 123 cm³/mol. The summed E-state index contributed by atoms with van der Waals surface area (Å²) in [5.41, 5.74) is 1.59. The van der Waals surface area contributed by atoms with Gasteiger partial charge < -0.3 is 15.1 Å². The number of pyridine rings is 1. The molecule has 176 valence electrons. The number of rotatable bonds is 4. The Bertz CT molecular complexity index is 1170. The van der Waals surface area contributed by atoms with Gasteiger partial charge in [0.05, 0.1) is 17.4 Å². The molecule has 2 aromatic carbocycles. The summed E-state index contributed by atoms with van der Waals surface area (Å²) >= 11 is 0. The Hall–Kier alpha value is -3.88. The van der Waals surface area contributed by atoms with E-state index in [1.54, 1.807) is 29.3 Å². The van der Waals surface area contributed by atoms with Crippen molar-refractivity contribution < 1.29 is 22.8 Å². The van der Waals surface area contributed by atoms with Crippen LogP contribution < -0.4 is 10.2 Å². The fraction of sp³-hybridized carbons (Fsp3) is 0.240. The first-order valence-corrected chi connectivity index (χ1v) is 10.8. The Labute approximate surface area is 195 Å². The molecule has 2 amide bonds. The number of hydrogen-bond acceptors (Lipinski definition) is 4. The minimum Gasteiger partial charge on any atom is -0.353 e. The zero-order valence-corrected chi connectivity index (χ0v) is 18.5. The maximum atomic E-state index is 12.7. The van der Waals surface area contributed by atoms with Gasteiger partial charge in [-0.2, -0.15) is 13.2 Å². The monoisotopic (exact) mass is 468 g/mol. The first-order valence-electron chi connectivity index (χ1n) is 10.8. The lowest BCUT2D eigenvalue weighted by Gasteiger charge is -2.35. The van der Waals surface area contributed by atoms with Gasteiger partial charge in [0.1, 0.15) is 5.82 Å². The van der Waals surface area contributed by atoms with Gasteiger partial charge >= 0.3 is 6.18 Å². The maximum Gasteiger partial charge on any atom is 0.416 e. The molecule has 0 bridgehead atoms. The summed E-state index contributed by atoms with van der Waals surface area (Å²) in [7, 11) is 0. The van der Waals surface area contributed by atoms with E-state index in [0.717, 1.165) is 23.5 Å². The number of piperazine rings is 1. The molecule has 3 aromatic rings. The van der Waals surface area contributed by atoms with Crippen molar-refractivity contribution in [2.24, 2.45) is 0 Å². The quantitative estimate of drug-likeness (QED) is 0.607. The lowest BCUT2D eigenvalue weighted by molar-refractivity contribution is -0.137. The smallest absolute Gasteiger partial charge is 0.353 e. The molecular formula is C25H23F3N4O2. The Balaban J connectivity index is 1.32. The van der Waals surface area contributed by atoms with Gasteiger partial charge in [0, 0.05) is 37.3 Å². The molecule has 1 aliphatic heterocycles. The first-order chi connectivity index (χ1) is 16.2. The number of aryl methyl sites for hydroxylation is 1. The second-order valence-electron chi connectivity index (χ2n) is 8.08. The zero-order valence-electron chi connectivity index (χ0n) is 18.5. The maximum absolute atomic E-state index is 12.7. The molecule has 1 N–H and O–H groups in total. The van der Waals surface area contributed by atoms with Gasteiger partial charge in [0.2, 0.25) is 0 Å². The van der Waals surface area contributed by atoms with Crippen molar-refractivity contribution >= 4 is 23.3 Å². The van der Waals surface area contributed by atoms with Crippen LogP contribution in [0.25, 0.3) is 0 Å².